The van der Waals surface area contributed by atoms with Crippen LogP contribution in [0, 0.1) is 0 Å². The first-order chi connectivity index (χ1) is 7.69. The number of carbonyl (C=O) groups excluding carboxylic acids is 1. The number of carbonyl (C=O) groups is 1. The summed E-state index contributed by atoms with van der Waals surface area (Å²) in [5.41, 5.74) is 0. The Morgan fingerprint density at radius 2 is 2.00 bits per heavy atom. The van der Waals surface area contributed by atoms with Crippen LogP contribution in [0.5, 0.6) is 0 Å². The van der Waals surface area contributed by atoms with Gasteiger partial charge in [0.05, 0.1) is 6.61 Å². The average Bonchev–Trinajstić information content (AvgIpc) is 2.28. The van der Waals surface area contributed by atoms with Crippen LogP contribution < -0.4 is 0 Å². The second kappa shape index (κ2) is 7.01. The van der Waals surface area contributed by atoms with Crippen molar-refractivity contribution in [1.82, 2.24) is 4.90 Å². The number of hydrogen-bond acceptors (Lipinski definition) is 4. The first-order valence-electron chi connectivity index (χ1n) is 5.94. The molecule has 0 spiro atoms. The third-order valence-electron chi connectivity index (χ3n) is 2.77. The highest BCUT2D eigenvalue weighted by Gasteiger charge is 2.28. The summed E-state index contributed by atoms with van der Waals surface area (Å²) < 4.78 is 16.3. The van der Waals surface area contributed by atoms with E-state index in [1.807, 2.05) is 6.92 Å². The molecule has 1 saturated heterocycles. The number of hydrogen-bond donors (Lipinski definition) is 0. The highest BCUT2D eigenvalue weighted by molar-refractivity contribution is 7.85. The monoisotopic (exact) mass is 247 g/mol. The Hall–Kier alpha value is -0.420. The lowest BCUT2D eigenvalue weighted by Crippen LogP contribution is -2.48. The van der Waals surface area contributed by atoms with Gasteiger partial charge in [-0.3, -0.25) is 13.9 Å². The molecule has 4 nitrogen and oxygen atoms in total. The lowest BCUT2D eigenvalue weighted by molar-refractivity contribution is -0.149. The Kier molecular flexibility index (Phi) is 5.98. The van der Waals surface area contributed by atoms with Gasteiger partial charge in [-0.1, -0.05) is 13.3 Å². The van der Waals surface area contributed by atoms with Gasteiger partial charge in [-0.25, -0.2) is 0 Å². The number of ether oxygens (including phenoxy) is 1. The number of nitrogens with zero attached hydrogens (tertiary/aromatic N) is 1. The molecule has 1 heterocycles. The lowest BCUT2D eigenvalue weighted by atomic mass is 10.1. The molecule has 1 aliphatic rings. The van der Waals surface area contributed by atoms with Crippen molar-refractivity contribution in [3.05, 3.63) is 0 Å². The van der Waals surface area contributed by atoms with Crippen molar-refractivity contribution in [3.8, 4) is 0 Å². The van der Waals surface area contributed by atoms with E-state index in [4.69, 9.17) is 4.74 Å². The number of rotatable bonds is 5. The van der Waals surface area contributed by atoms with Crippen LogP contribution in [0.15, 0.2) is 0 Å². The topological polar surface area (TPSA) is 46.6 Å². The highest BCUT2D eigenvalue weighted by Crippen LogP contribution is 2.12. The maximum atomic E-state index is 11.8. The van der Waals surface area contributed by atoms with Gasteiger partial charge in [-0.15, -0.1) is 0 Å². The van der Waals surface area contributed by atoms with E-state index >= 15 is 0 Å². The van der Waals surface area contributed by atoms with Crippen LogP contribution in [0.25, 0.3) is 0 Å². The van der Waals surface area contributed by atoms with Crippen molar-refractivity contribution in [2.24, 2.45) is 0 Å². The fourth-order valence-electron chi connectivity index (χ4n) is 1.93. The van der Waals surface area contributed by atoms with Crippen LogP contribution in [-0.4, -0.2) is 52.3 Å². The van der Waals surface area contributed by atoms with E-state index in [9.17, 15) is 9.00 Å². The van der Waals surface area contributed by atoms with E-state index in [0.717, 1.165) is 25.9 Å². The second-order valence-electron chi connectivity index (χ2n) is 3.94. The predicted molar refractivity (Wildman–Crippen MR) is 64.8 cm³/mol. The molecule has 0 aliphatic carbocycles. The van der Waals surface area contributed by atoms with Gasteiger partial charge < -0.3 is 4.74 Å². The molecule has 1 aliphatic heterocycles. The summed E-state index contributed by atoms with van der Waals surface area (Å²) in [6.07, 6.45) is 1.79. The molecule has 94 valence electrons. The molecule has 0 aromatic rings. The second-order valence-corrected chi connectivity index (χ2v) is 5.64. The third-order valence-corrected chi connectivity index (χ3v) is 4.05. The van der Waals surface area contributed by atoms with Gasteiger partial charge in [0.2, 0.25) is 0 Å². The zero-order valence-corrected chi connectivity index (χ0v) is 10.9. The van der Waals surface area contributed by atoms with Gasteiger partial charge >= 0.3 is 5.97 Å². The summed E-state index contributed by atoms with van der Waals surface area (Å²) in [4.78, 5) is 13.9. The molecule has 0 N–H and O–H groups in total. The van der Waals surface area contributed by atoms with Gasteiger partial charge in [0.1, 0.15) is 6.04 Å². The first-order valence-corrected chi connectivity index (χ1v) is 7.43. The molecule has 5 heteroatoms. The van der Waals surface area contributed by atoms with Crippen molar-refractivity contribution in [1.29, 1.82) is 0 Å². The Morgan fingerprint density at radius 1 is 1.38 bits per heavy atom. The molecule has 0 saturated carbocycles. The van der Waals surface area contributed by atoms with E-state index in [1.165, 1.54) is 0 Å². The minimum Gasteiger partial charge on any atom is -0.465 e. The maximum absolute atomic E-state index is 11.8. The number of esters is 1. The maximum Gasteiger partial charge on any atom is 0.323 e. The summed E-state index contributed by atoms with van der Waals surface area (Å²) in [7, 11) is -0.692. The Balaban J connectivity index is 2.55. The predicted octanol–water partition coefficient (Wildman–Crippen LogP) is 0.782. The molecular weight excluding hydrogens is 226 g/mol. The van der Waals surface area contributed by atoms with E-state index in [2.05, 4.69) is 11.8 Å². The van der Waals surface area contributed by atoms with Gasteiger partial charge in [0.15, 0.2) is 0 Å². The molecule has 1 atom stereocenters. The molecule has 16 heavy (non-hydrogen) atoms. The molecule has 1 rings (SSSR count). The van der Waals surface area contributed by atoms with Crippen LogP contribution in [0.2, 0.25) is 0 Å². The smallest absolute Gasteiger partial charge is 0.323 e. The van der Waals surface area contributed by atoms with Crippen LogP contribution >= 0.6 is 0 Å². The highest BCUT2D eigenvalue weighted by atomic mass is 32.2. The standard InChI is InChI=1S/C11H21NO3S/c1-3-5-10(11(13)15-4-2)12-6-8-16(14)9-7-12/h10H,3-9H2,1-2H3. The minimum atomic E-state index is -0.692. The van der Waals surface area contributed by atoms with Crippen LogP contribution in [0.3, 0.4) is 0 Å². The fraction of sp³-hybridized carbons (Fsp3) is 0.909. The molecule has 0 radical (unpaired) electrons. The van der Waals surface area contributed by atoms with Gasteiger partial charge in [0, 0.05) is 35.4 Å². The zero-order valence-electron chi connectivity index (χ0n) is 10.1. The SMILES string of the molecule is CCCC(C(=O)OCC)N1CCS(=O)CC1. The largest absolute Gasteiger partial charge is 0.465 e. The van der Waals surface area contributed by atoms with E-state index < -0.39 is 10.8 Å². The van der Waals surface area contributed by atoms with Gasteiger partial charge in [0.25, 0.3) is 0 Å². The average molecular weight is 247 g/mol. The first kappa shape index (κ1) is 13.6. The van der Waals surface area contributed by atoms with Crippen molar-refractivity contribution < 1.29 is 13.7 Å². The fourth-order valence-corrected chi connectivity index (χ4v) is 3.01. The Morgan fingerprint density at radius 3 is 2.50 bits per heavy atom. The summed E-state index contributed by atoms with van der Waals surface area (Å²) in [5, 5.41) is 0. The zero-order chi connectivity index (χ0) is 12.0. The minimum absolute atomic E-state index is 0.128. The van der Waals surface area contributed by atoms with Gasteiger partial charge in [-0.05, 0) is 13.3 Å². The quantitative estimate of drug-likeness (QED) is 0.674. The van der Waals surface area contributed by atoms with Crippen LogP contribution in [0.1, 0.15) is 26.7 Å². The van der Waals surface area contributed by atoms with E-state index in [1.54, 1.807) is 0 Å². The Labute approximate surface area is 99.8 Å². The van der Waals surface area contributed by atoms with Crippen molar-refractivity contribution >= 4 is 16.8 Å². The summed E-state index contributed by atoms with van der Waals surface area (Å²) >= 11 is 0. The van der Waals surface area contributed by atoms with E-state index in [-0.39, 0.29) is 12.0 Å². The normalized spacial score (nSPS) is 20.6. The molecule has 0 amide bonds. The molecule has 1 unspecified atom stereocenters. The van der Waals surface area contributed by atoms with Crippen LogP contribution in [0.4, 0.5) is 0 Å². The van der Waals surface area contributed by atoms with E-state index in [0.29, 0.717) is 18.1 Å². The molecular formula is C11H21NO3S. The van der Waals surface area contributed by atoms with Crippen molar-refractivity contribution in [2.75, 3.05) is 31.2 Å². The van der Waals surface area contributed by atoms with Crippen molar-refractivity contribution in [2.45, 2.75) is 32.7 Å². The third kappa shape index (κ3) is 3.87. The molecule has 0 aromatic carbocycles. The van der Waals surface area contributed by atoms with Crippen LogP contribution in [-0.2, 0) is 20.3 Å². The van der Waals surface area contributed by atoms with Crippen molar-refractivity contribution in [3.63, 3.8) is 0 Å². The lowest BCUT2D eigenvalue weighted by Gasteiger charge is -2.32. The summed E-state index contributed by atoms with van der Waals surface area (Å²) in [5.74, 6) is 1.23. The Bertz CT molecular complexity index is 248. The summed E-state index contributed by atoms with van der Waals surface area (Å²) in [6.45, 7) is 5.81. The van der Waals surface area contributed by atoms with Gasteiger partial charge in [-0.2, -0.15) is 0 Å². The molecule has 0 aromatic heterocycles. The molecule has 0 bridgehead atoms. The summed E-state index contributed by atoms with van der Waals surface area (Å²) in [6, 6.07) is -0.137. The molecule has 1 fully saturated rings.